The summed E-state index contributed by atoms with van der Waals surface area (Å²) in [5, 5.41) is 9.27. The van der Waals surface area contributed by atoms with E-state index in [4.69, 9.17) is 0 Å². The van der Waals surface area contributed by atoms with Crippen LogP contribution in [-0.2, 0) is 16.0 Å². The van der Waals surface area contributed by atoms with Gasteiger partial charge in [-0.25, -0.2) is 0 Å². The number of amides is 1. The highest BCUT2D eigenvalue weighted by atomic mass is 16.4. The summed E-state index contributed by atoms with van der Waals surface area (Å²) in [5.41, 5.74) is 0.541. The quantitative estimate of drug-likeness (QED) is 0.841. The first kappa shape index (κ1) is 16.2. The highest BCUT2D eigenvalue weighted by molar-refractivity contribution is 5.97. The summed E-state index contributed by atoms with van der Waals surface area (Å²) in [6, 6.07) is 9.84. The van der Waals surface area contributed by atoms with Crippen molar-refractivity contribution in [1.29, 1.82) is 0 Å². The smallest absolute Gasteiger partial charge is 0.316 e. The molecule has 0 spiro atoms. The van der Waals surface area contributed by atoms with E-state index in [-0.39, 0.29) is 5.91 Å². The van der Waals surface area contributed by atoms with Gasteiger partial charge in [0.2, 0.25) is 5.91 Å². The number of rotatable bonds is 5. The van der Waals surface area contributed by atoms with Crippen LogP contribution in [0.4, 0.5) is 0 Å². The molecule has 1 rings (SSSR count). The fraction of sp³-hybridized carbons (Fsp3) is 0.500. The number of hydrogen-bond donors (Lipinski definition) is 1. The third-order valence-corrected chi connectivity index (χ3v) is 3.31. The molecule has 0 heterocycles. The number of benzene rings is 1. The molecule has 1 aromatic carbocycles. The summed E-state index contributed by atoms with van der Waals surface area (Å²) < 4.78 is 0. The minimum Gasteiger partial charge on any atom is -0.481 e. The number of nitrogens with zero attached hydrogens (tertiary/aromatic N) is 1. The molecule has 1 aromatic rings. The second-order valence-corrected chi connectivity index (χ2v) is 6.13. The van der Waals surface area contributed by atoms with Crippen LogP contribution in [0.1, 0.15) is 26.3 Å². The fourth-order valence-electron chi connectivity index (χ4n) is 2.12. The molecule has 0 aliphatic rings. The molecular formula is C16H23NO3. The van der Waals surface area contributed by atoms with E-state index in [9.17, 15) is 14.7 Å². The minimum absolute atomic E-state index is 0.332. The second kappa shape index (κ2) is 6.55. The Hall–Kier alpha value is -1.84. The number of carbonyl (C=O) groups is 2. The van der Waals surface area contributed by atoms with Gasteiger partial charge in [-0.05, 0) is 17.4 Å². The third-order valence-electron chi connectivity index (χ3n) is 3.31. The summed E-state index contributed by atoms with van der Waals surface area (Å²) in [6.45, 7) is 5.83. The Balaban J connectivity index is 2.68. The Bertz CT molecular complexity index is 462. The van der Waals surface area contributed by atoms with E-state index in [0.29, 0.717) is 6.54 Å². The van der Waals surface area contributed by atoms with Gasteiger partial charge < -0.3 is 10.0 Å². The van der Waals surface area contributed by atoms with E-state index in [1.807, 2.05) is 30.3 Å². The normalized spacial score (nSPS) is 12.8. The summed E-state index contributed by atoms with van der Waals surface area (Å²) in [7, 11) is 1.66. The van der Waals surface area contributed by atoms with Gasteiger partial charge in [-0.1, -0.05) is 51.1 Å². The molecule has 1 amide bonds. The van der Waals surface area contributed by atoms with E-state index < -0.39 is 17.3 Å². The first-order valence-electron chi connectivity index (χ1n) is 6.75. The Morgan fingerprint density at radius 1 is 1.20 bits per heavy atom. The molecule has 0 aromatic heterocycles. The van der Waals surface area contributed by atoms with E-state index in [1.165, 1.54) is 4.90 Å². The lowest BCUT2D eigenvalue weighted by Gasteiger charge is -2.30. The number of likely N-dealkylation sites (N-methyl/N-ethyl adjacent to an activating group) is 1. The van der Waals surface area contributed by atoms with E-state index in [0.717, 1.165) is 12.0 Å². The Labute approximate surface area is 120 Å². The molecule has 1 N–H and O–H groups in total. The molecule has 1 atom stereocenters. The van der Waals surface area contributed by atoms with Gasteiger partial charge in [-0.3, -0.25) is 9.59 Å². The number of carboxylic acid groups (broad SMARTS) is 1. The fourth-order valence-corrected chi connectivity index (χ4v) is 2.12. The van der Waals surface area contributed by atoms with Crippen LogP contribution in [0, 0.1) is 11.3 Å². The van der Waals surface area contributed by atoms with Crippen LogP contribution in [-0.4, -0.2) is 35.5 Å². The SMILES string of the molecule is CN(CCc1ccccc1)C(=O)C(C(=O)O)C(C)(C)C. The first-order valence-corrected chi connectivity index (χ1v) is 6.75. The molecule has 0 saturated carbocycles. The van der Waals surface area contributed by atoms with Crippen LogP contribution >= 0.6 is 0 Å². The van der Waals surface area contributed by atoms with Crippen molar-refractivity contribution in [2.24, 2.45) is 11.3 Å². The second-order valence-electron chi connectivity index (χ2n) is 6.13. The number of aliphatic carboxylic acids is 1. The monoisotopic (exact) mass is 277 g/mol. The van der Waals surface area contributed by atoms with Crippen molar-refractivity contribution >= 4 is 11.9 Å². The van der Waals surface area contributed by atoms with Crippen molar-refractivity contribution in [3.05, 3.63) is 35.9 Å². The zero-order valence-corrected chi connectivity index (χ0v) is 12.6. The molecule has 0 aliphatic carbocycles. The van der Waals surface area contributed by atoms with Crippen molar-refractivity contribution < 1.29 is 14.7 Å². The molecule has 0 radical (unpaired) electrons. The number of hydrogen-bond acceptors (Lipinski definition) is 2. The zero-order chi connectivity index (χ0) is 15.3. The van der Waals surface area contributed by atoms with Gasteiger partial charge in [0.05, 0.1) is 0 Å². The summed E-state index contributed by atoms with van der Waals surface area (Å²) in [6.07, 6.45) is 0.722. The van der Waals surface area contributed by atoms with Crippen LogP contribution in [0.5, 0.6) is 0 Å². The van der Waals surface area contributed by atoms with Crippen molar-refractivity contribution in [3.63, 3.8) is 0 Å². The maximum Gasteiger partial charge on any atom is 0.316 e. The molecule has 0 bridgehead atoms. The van der Waals surface area contributed by atoms with Crippen LogP contribution in [0.3, 0.4) is 0 Å². The molecule has 20 heavy (non-hydrogen) atoms. The van der Waals surface area contributed by atoms with E-state index >= 15 is 0 Å². The summed E-state index contributed by atoms with van der Waals surface area (Å²) in [5.74, 6) is -2.40. The Kier molecular flexibility index (Phi) is 5.31. The standard InChI is InChI=1S/C16H23NO3/c1-16(2,3)13(15(19)20)14(18)17(4)11-10-12-8-6-5-7-9-12/h5-9,13H,10-11H2,1-4H3,(H,19,20). The maximum absolute atomic E-state index is 12.3. The Morgan fingerprint density at radius 3 is 2.20 bits per heavy atom. The molecule has 110 valence electrons. The van der Waals surface area contributed by atoms with E-state index in [1.54, 1.807) is 27.8 Å². The highest BCUT2D eigenvalue weighted by Crippen LogP contribution is 2.27. The molecule has 4 heteroatoms. The van der Waals surface area contributed by atoms with Gasteiger partial charge in [-0.2, -0.15) is 0 Å². The van der Waals surface area contributed by atoms with Crippen molar-refractivity contribution in [3.8, 4) is 0 Å². The summed E-state index contributed by atoms with van der Waals surface area (Å²) >= 11 is 0. The molecular weight excluding hydrogens is 254 g/mol. The topological polar surface area (TPSA) is 57.6 Å². The van der Waals surface area contributed by atoms with Gasteiger partial charge in [0, 0.05) is 13.6 Å². The van der Waals surface area contributed by atoms with Crippen LogP contribution in [0.2, 0.25) is 0 Å². The lowest BCUT2D eigenvalue weighted by atomic mass is 9.80. The molecule has 1 unspecified atom stereocenters. The highest BCUT2D eigenvalue weighted by Gasteiger charge is 2.39. The molecule has 0 fully saturated rings. The van der Waals surface area contributed by atoms with Crippen LogP contribution in [0.15, 0.2) is 30.3 Å². The average Bonchev–Trinajstić information content (AvgIpc) is 2.34. The largest absolute Gasteiger partial charge is 0.481 e. The maximum atomic E-state index is 12.3. The Morgan fingerprint density at radius 2 is 1.75 bits per heavy atom. The molecule has 0 saturated heterocycles. The molecule has 4 nitrogen and oxygen atoms in total. The van der Waals surface area contributed by atoms with Gasteiger partial charge in [0.1, 0.15) is 5.92 Å². The lowest BCUT2D eigenvalue weighted by Crippen LogP contribution is -2.44. The predicted molar refractivity (Wildman–Crippen MR) is 78.4 cm³/mol. The summed E-state index contributed by atoms with van der Waals surface area (Å²) in [4.78, 5) is 25.1. The zero-order valence-electron chi connectivity index (χ0n) is 12.6. The van der Waals surface area contributed by atoms with Crippen LogP contribution in [0.25, 0.3) is 0 Å². The lowest BCUT2D eigenvalue weighted by molar-refractivity contribution is -0.155. The average molecular weight is 277 g/mol. The van der Waals surface area contributed by atoms with Gasteiger partial charge in [0.25, 0.3) is 0 Å². The van der Waals surface area contributed by atoms with Crippen LogP contribution < -0.4 is 0 Å². The van der Waals surface area contributed by atoms with Crippen molar-refractivity contribution in [2.75, 3.05) is 13.6 Å². The van der Waals surface area contributed by atoms with Gasteiger partial charge in [-0.15, -0.1) is 0 Å². The predicted octanol–water partition coefficient (Wildman–Crippen LogP) is 2.43. The van der Waals surface area contributed by atoms with Gasteiger partial charge >= 0.3 is 5.97 Å². The van der Waals surface area contributed by atoms with E-state index in [2.05, 4.69) is 0 Å². The van der Waals surface area contributed by atoms with Gasteiger partial charge in [0.15, 0.2) is 0 Å². The number of carboxylic acids is 1. The number of carbonyl (C=O) groups excluding carboxylic acids is 1. The minimum atomic E-state index is -1.06. The molecule has 0 aliphatic heterocycles. The van der Waals surface area contributed by atoms with Crippen molar-refractivity contribution in [1.82, 2.24) is 4.90 Å². The first-order chi connectivity index (χ1) is 9.23. The third kappa shape index (κ3) is 4.37. The van der Waals surface area contributed by atoms with Crippen molar-refractivity contribution in [2.45, 2.75) is 27.2 Å².